The van der Waals surface area contributed by atoms with Crippen LogP contribution in [0.3, 0.4) is 0 Å². The second-order valence-electron chi connectivity index (χ2n) is 5.45. The number of hydrogen-bond acceptors (Lipinski definition) is 3. The summed E-state index contributed by atoms with van der Waals surface area (Å²) in [4.78, 5) is 13.5. The van der Waals surface area contributed by atoms with Crippen molar-refractivity contribution in [2.45, 2.75) is 25.2 Å². The molecule has 0 radical (unpaired) electrons. The summed E-state index contributed by atoms with van der Waals surface area (Å²) in [5, 5.41) is 0. The molecule has 4 nitrogen and oxygen atoms in total. The highest BCUT2D eigenvalue weighted by atomic mass is 16.5. The van der Waals surface area contributed by atoms with Gasteiger partial charge in [0, 0.05) is 25.1 Å². The highest BCUT2D eigenvalue weighted by Gasteiger charge is 2.27. The quantitative estimate of drug-likeness (QED) is 0.662. The van der Waals surface area contributed by atoms with Crippen LogP contribution >= 0.6 is 0 Å². The molecule has 0 unspecified atom stereocenters. The average Bonchev–Trinajstić information content (AvgIpc) is 2.97. The number of likely N-dealkylation sites (tertiary alicyclic amines) is 1. The normalized spacial score (nSPS) is 18.5. The minimum atomic E-state index is 0.0364. The summed E-state index contributed by atoms with van der Waals surface area (Å²) in [6, 6.07) is 4.08. The van der Waals surface area contributed by atoms with E-state index in [0.717, 1.165) is 50.4 Å². The molecule has 20 heavy (non-hydrogen) atoms. The molecule has 0 bridgehead atoms. The first kappa shape index (κ1) is 13.0. The SMILES string of the molecule is C=CC(=O)N1CCC(c2ccc(N)c3c2CCO3)CC1. The third kappa shape index (κ3) is 2.15. The minimum Gasteiger partial charge on any atom is -0.491 e. The van der Waals surface area contributed by atoms with Gasteiger partial charge in [0.1, 0.15) is 5.75 Å². The Balaban J connectivity index is 1.78. The van der Waals surface area contributed by atoms with Gasteiger partial charge in [-0.25, -0.2) is 0 Å². The van der Waals surface area contributed by atoms with Crippen molar-refractivity contribution in [1.82, 2.24) is 4.90 Å². The lowest BCUT2D eigenvalue weighted by Crippen LogP contribution is -2.36. The Morgan fingerprint density at radius 1 is 1.40 bits per heavy atom. The molecule has 1 saturated heterocycles. The van der Waals surface area contributed by atoms with Crippen molar-refractivity contribution in [3.63, 3.8) is 0 Å². The third-order valence-corrected chi connectivity index (χ3v) is 4.35. The van der Waals surface area contributed by atoms with Gasteiger partial charge in [-0.3, -0.25) is 4.79 Å². The number of anilines is 1. The monoisotopic (exact) mass is 272 g/mol. The summed E-state index contributed by atoms with van der Waals surface area (Å²) in [6.07, 6.45) is 4.34. The first-order valence-corrected chi connectivity index (χ1v) is 7.16. The predicted octanol–water partition coefficient (Wildman–Crippen LogP) is 2.10. The summed E-state index contributed by atoms with van der Waals surface area (Å²) < 4.78 is 5.63. The molecule has 0 atom stereocenters. The molecule has 3 rings (SSSR count). The molecule has 2 aliphatic rings. The number of hydrogen-bond donors (Lipinski definition) is 1. The van der Waals surface area contributed by atoms with E-state index in [1.165, 1.54) is 17.2 Å². The van der Waals surface area contributed by atoms with Gasteiger partial charge in [0.05, 0.1) is 12.3 Å². The molecule has 1 aromatic rings. The van der Waals surface area contributed by atoms with Crippen LogP contribution < -0.4 is 10.5 Å². The summed E-state index contributed by atoms with van der Waals surface area (Å²) in [5.74, 6) is 1.42. The molecule has 0 aromatic heterocycles. The van der Waals surface area contributed by atoms with Crippen LogP contribution in [0.2, 0.25) is 0 Å². The van der Waals surface area contributed by atoms with Crippen LogP contribution in [0.5, 0.6) is 5.75 Å². The van der Waals surface area contributed by atoms with Gasteiger partial charge in [-0.05, 0) is 36.5 Å². The Bertz CT molecular complexity index is 546. The van der Waals surface area contributed by atoms with E-state index in [9.17, 15) is 4.79 Å². The van der Waals surface area contributed by atoms with E-state index < -0.39 is 0 Å². The molecule has 0 saturated carbocycles. The molecule has 1 aromatic carbocycles. The van der Waals surface area contributed by atoms with E-state index in [-0.39, 0.29) is 5.91 Å². The zero-order valence-electron chi connectivity index (χ0n) is 11.6. The average molecular weight is 272 g/mol. The lowest BCUT2D eigenvalue weighted by molar-refractivity contribution is -0.127. The maximum Gasteiger partial charge on any atom is 0.245 e. The highest BCUT2D eigenvalue weighted by Crippen LogP contribution is 2.40. The van der Waals surface area contributed by atoms with Crippen LogP contribution in [0.4, 0.5) is 5.69 Å². The number of rotatable bonds is 2. The van der Waals surface area contributed by atoms with Gasteiger partial charge in [-0.2, -0.15) is 0 Å². The van der Waals surface area contributed by atoms with Gasteiger partial charge in [-0.15, -0.1) is 0 Å². The molecule has 106 valence electrons. The summed E-state index contributed by atoms with van der Waals surface area (Å²) in [6.45, 7) is 5.88. The molecule has 0 spiro atoms. The molecule has 0 aliphatic carbocycles. The van der Waals surface area contributed by atoms with Crippen molar-refractivity contribution < 1.29 is 9.53 Å². The molecule has 2 N–H and O–H groups in total. The second-order valence-corrected chi connectivity index (χ2v) is 5.45. The van der Waals surface area contributed by atoms with Crippen molar-refractivity contribution in [3.8, 4) is 5.75 Å². The number of benzene rings is 1. The smallest absolute Gasteiger partial charge is 0.245 e. The third-order valence-electron chi connectivity index (χ3n) is 4.35. The number of nitrogens with two attached hydrogens (primary N) is 1. The van der Waals surface area contributed by atoms with Gasteiger partial charge >= 0.3 is 0 Å². The summed E-state index contributed by atoms with van der Waals surface area (Å²) in [5.41, 5.74) is 9.33. The van der Waals surface area contributed by atoms with Gasteiger partial charge < -0.3 is 15.4 Å². The van der Waals surface area contributed by atoms with Crippen molar-refractivity contribution in [2.75, 3.05) is 25.4 Å². The Labute approximate surface area is 119 Å². The molecular weight excluding hydrogens is 252 g/mol. The standard InChI is InChI=1S/C16H20N2O2/c1-2-15(19)18-8-5-11(6-9-18)12-3-4-14(17)16-13(12)7-10-20-16/h2-4,11H,1,5-10,17H2. The number of amides is 1. The van der Waals surface area contributed by atoms with E-state index in [4.69, 9.17) is 10.5 Å². The molecule has 2 aliphatic heterocycles. The van der Waals surface area contributed by atoms with Crippen molar-refractivity contribution >= 4 is 11.6 Å². The fourth-order valence-electron chi connectivity index (χ4n) is 3.27. The van der Waals surface area contributed by atoms with Gasteiger partial charge in [0.15, 0.2) is 0 Å². The van der Waals surface area contributed by atoms with Gasteiger partial charge in [0.2, 0.25) is 5.91 Å². The topological polar surface area (TPSA) is 55.6 Å². The van der Waals surface area contributed by atoms with Crippen LogP contribution in [0.1, 0.15) is 29.9 Å². The largest absolute Gasteiger partial charge is 0.491 e. The van der Waals surface area contributed by atoms with Gasteiger partial charge in [0.25, 0.3) is 0 Å². The van der Waals surface area contributed by atoms with Crippen LogP contribution in [0.15, 0.2) is 24.8 Å². The fourth-order valence-corrected chi connectivity index (χ4v) is 3.27. The second kappa shape index (κ2) is 5.19. The first-order valence-electron chi connectivity index (χ1n) is 7.16. The molecule has 4 heteroatoms. The van der Waals surface area contributed by atoms with E-state index in [0.29, 0.717) is 5.92 Å². The van der Waals surface area contributed by atoms with Crippen LogP contribution in [-0.2, 0) is 11.2 Å². The Morgan fingerprint density at radius 2 is 2.15 bits per heavy atom. The number of carbonyl (C=O) groups excluding carboxylic acids is 1. The number of fused-ring (bicyclic) bond motifs is 1. The van der Waals surface area contributed by atoms with Crippen molar-refractivity contribution in [2.24, 2.45) is 0 Å². The number of ether oxygens (including phenoxy) is 1. The number of piperidine rings is 1. The first-order chi connectivity index (χ1) is 9.70. The number of carbonyl (C=O) groups is 1. The fraction of sp³-hybridized carbons (Fsp3) is 0.438. The van der Waals surface area contributed by atoms with E-state index >= 15 is 0 Å². The van der Waals surface area contributed by atoms with E-state index in [2.05, 4.69) is 12.6 Å². The summed E-state index contributed by atoms with van der Waals surface area (Å²) >= 11 is 0. The molecule has 2 heterocycles. The van der Waals surface area contributed by atoms with Gasteiger partial charge in [-0.1, -0.05) is 12.6 Å². The maximum atomic E-state index is 11.6. The van der Waals surface area contributed by atoms with Crippen molar-refractivity contribution in [1.29, 1.82) is 0 Å². The predicted molar refractivity (Wildman–Crippen MR) is 78.8 cm³/mol. The molecular formula is C16H20N2O2. The van der Waals surface area contributed by atoms with Crippen LogP contribution in [-0.4, -0.2) is 30.5 Å². The van der Waals surface area contributed by atoms with Crippen molar-refractivity contribution in [3.05, 3.63) is 35.9 Å². The van der Waals surface area contributed by atoms with Crippen LogP contribution in [0.25, 0.3) is 0 Å². The van der Waals surface area contributed by atoms with E-state index in [1.54, 1.807) is 0 Å². The maximum absolute atomic E-state index is 11.6. The minimum absolute atomic E-state index is 0.0364. The number of nitrogen functional groups attached to an aromatic ring is 1. The Kier molecular flexibility index (Phi) is 3.38. The Morgan fingerprint density at radius 3 is 2.85 bits per heavy atom. The molecule has 1 fully saturated rings. The van der Waals surface area contributed by atoms with E-state index in [1.807, 2.05) is 11.0 Å². The Hall–Kier alpha value is -1.97. The summed E-state index contributed by atoms with van der Waals surface area (Å²) in [7, 11) is 0. The molecule has 1 amide bonds. The zero-order chi connectivity index (χ0) is 14.1. The van der Waals surface area contributed by atoms with Crippen LogP contribution in [0, 0.1) is 0 Å². The highest BCUT2D eigenvalue weighted by molar-refractivity contribution is 5.87. The zero-order valence-corrected chi connectivity index (χ0v) is 11.6. The lowest BCUT2D eigenvalue weighted by Gasteiger charge is -2.32. The lowest BCUT2D eigenvalue weighted by atomic mass is 9.85. The number of nitrogens with zero attached hydrogens (tertiary/aromatic N) is 1.